The second-order valence-electron chi connectivity index (χ2n) is 10.4. The smallest absolute Gasteiger partial charge is 0.429 e. The number of benzene rings is 5. The quantitative estimate of drug-likeness (QED) is 0.109. The second-order valence-corrected chi connectivity index (χ2v) is 11.2. The molecule has 0 aliphatic carbocycles. The zero-order valence-corrected chi connectivity index (χ0v) is 25.5. The molecule has 0 spiro atoms. The van der Waals surface area contributed by atoms with Crippen LogP contribution in [0, 0.1) is 34.9 Å². The van der Waals surface area contributed by atoms with Crippen LogP contribution in [0.15, 0.2) is 91.0 Å². The van der Waals surface area contributed by atoms with Gasteiger partial charge in [0, 0.05) is 17.2 Å². The largest absolute Gasteiger partial charge is 0.432 e. The van der Waals surface area contributed by atoms with Crippen LogP contribution in [0.5, 0.6) is 5.75 Å². The lowest BCUT2D eigenvalue weighted by molar-refractivity contribution is -0.189. The van der Waals surface area contributed by atoms with Crippen molar-refractivity contribution in [3.8, 4) is 39.1 Å². The fourth-order valence-corrected chi connectivity index (χ4v) is 5.35. The maximum atomic E-state index is 15.3. The van der Waals surface area contributed by atoms with Gasteiger partial charge in [0.15, 0.2) is 0 Å². The van der Waals surface area contributed by atoms with Gasteiger partial charge < -0.3 is 4.74 Å². The Morgan fingerprint density at radius 3 is 1.77 bits per heavy atom. The molecule has 0 heterocycles. The fraction of sp³-hybridized carbons (Fsp3) is 0.0857. The summed E-state index contributed by atoms with van der Waals surface area (Å²) in [5.74, 6) is -9.24. The van der Waals surface area contributed by atoms with E-state index in [4.69, 9.17) is 23.2 Å². The molecule has 0 atom stereocenters. The second kappa shape index (κ2) is 13.9. The Bertz CT molecular complexity index is 1970. The highest BCUT2D eigenvalue weighted by Crippen LogP contribution is 2.41. The Morgan fingerprint density at radius 2 is 1.21 bits per heavy atom. The van der Waals surface area contributed by atoms with E-state index in [1.54, 1.807) is 24.3 Å². The fourth-order valence-electron chi connectivity index (χ4n) is 4.93. The first-order valence-electron chi connectivity index (χ1n) is 13.8. The average Bonchev–Trinajstić information content (AvgIpc) is 2.99. The van der Waals surface area contributed by atoms with E-state index in [-0.39, 0.29) is 22.6 Å². The van der Waals surface area contributed by atoms with Gasteiger partial charge in [0.05, 0.1) is 5.02 Å². The molecule has 48 heavy (non-hydrogen) atoms. The van der Waals surface area contributed by atoms with Crippen molar-refractivity contribution in [1.29, 1.82) is 0 Å². The van der Waals surface area contributed by atoms with Crippen LogP contribution in [0.2, 0.25) is 10.0 Å². The minimum atomic E-state index is -4.71. The lowest BCUT2D eigenvalue weighted by Crippen LogP contribution is -2.25. The van der Waals surface area contributed by atoms with E-state index in [1.807, 2.05) is 0 Å². The third-order valence-corrected chi connectivity index (χ3v) is 7.82. The van der Waals surface area contributed by atoms with Crippen LogP contribution >= 0.6 is 23.2 Å². The van der Waals surface area contributed by atoms with Gasteiger partial charge in [-0.1, -0.05) is 47.5 Å². The maximum Gasteiger partial charge on any atom is 0.432 e. The predicted octanol–water partition coefficient (Wildman–Crippen LogP) is 12.7. The molecule has 0 aliphatic heterocycles. The molecule has 0 N–H and O–H groups in total. The van der Waals surface area contributed by atoms with Crippen LogP contribution in [0.4, 0.5) is 43.9 Å². The number of rotatable bonds is 9. The topological polar surface area (TPSA) is 9.23 Å². The third kappa shape index (κ3) is 7.47. The molecule has 0 saturated heterocycles. The predicted molar refractivity (Wildman–Crippen MR) is 162 cm³/mol. The van der Waals surface area contributed by atoms with Gasteiger partial charge in [-0.05, 0) is 95.3 Å². The van der Waals surface area contributed by atoms with E-state index in [9.17, 15) is 22.0 Å². The number of ether oxygens (including phenoxy) is 1. The molecular formula is C35H18Cl2F10O. The minimum Gasteiger partial charge on any atom is -0.429 e. The highest BCUT2D eigenvalue weighted by atomic mass is 35.5. The molecule has 5 rings (SSSR count). The van der Waals surface area contributed by atoms with Gasteiger partial charge in [0.1, 0.15) is 51.2 Å². The Morgan fingerprint density at radius 1 is 0.625 bits per heavy atom. The summed E-state index contributed by atoms with van der Waals surface area (Å²) in [6, 6.07) is 13.2. The van der Waals surface area contributed by atoms with Crippen molar-refractivity contribution in [1.82, 2.24) is 0 Å². The standard InChI is InChI=1S/C35H18Cl2F10O/c36-24-10-19(18-6-4-17(5-7-18)2-1-3-31(44)45)11-26(39)32(24)21-14-27(40)33(28(41)15-21)35(46,47)48-22-8-9-23(25(38)16-22)20-12-29(42)34(37)30(43)13-20/h3-16H,1-2H2. The molecule has 5 aromatic carbocycles. The van der Waals surface area contributed by atoms with Gasteiger partial charge in [-0.2, -0.15) is 17.6 Å². The number of hydrogen-bond acceptors (Lipinski definition) is 1. The molecule has 5 aromatic rings. The van der Waals surface area contributed by atoms with Crippen molar-refractivity contribution < 1.29 is 48.6 Å². The summed E-state index contributed by atoms with van der Waals surface area (Å²) >= 11 is 11.7. The molecular weight excluding hydrogens is 697 g/mol. The van der Waals surface area contributed by atoms with Crippen LogP contribution in [0.3, 0.4) is 0 Å². The molecule has 0 saturated carbocycles. The van der Waals surface area contributed by atoms with Gasteiger partial charge in [-0.15, -0.1) is 0 Å². The van der Waals surface area contributed by atoms with Crippen molar-refractivity contribution in [2.75, 3.05) is 0 Å². The molecule has 0 aliphatic rings. The monoisotopic (exact) mass is 714 g/mol. The normalized spacial score (nSPS) is 11.5. The van der Waals surface area contributed by atoms with Gasteiger partial charge in [-0.3, -0.25) is 0 Å². The van der Waals surface area contributed by atoms with Gasteiger partial charge in [0.2, 0.25) is 0 Å². The molecule has 0 bridgehead atoms. The first-order chi connectivity index (χ1) is 22.6. The molecule has 0 aromatic heterocycles. The number of alkyl halides is 2. The van der Waals surface area contributed by atoms with Crippen molar-refractivity contribution in [3.05, 3.63) is 147 Å². The molecule has 0 fully saturated rings. The maximum absolute atomic E-state index is 15.3. The Kier molecular flexibility index (Phi) is 10.1. The van der Waals surface area contributed by atoms with Crippen molar-refractivity contribution in [2.24, 2.45) is 0 Å². The van der Waals surface area contributed by atoms with Crippen molar-refractivity contribution in [2.45, 2.75) is 19.0 Å². The van der Waals surface area contributed by atoms with Crippen LogP contribution in [0.25, 0.3) is 33.4 Å². The van der Waals surface area contributed by atoms with E-state index < -0.39 is 80.1 Å². The molecule has 248 valence electrons. The van der Waals surface area contributed by atoms with Gasteiger partial charge in [0.25, 0.3) is 6.08 Å². The lowest BCUT2D eigenvalue weighted by atomic mass is 9.97. The highest BCUT2D eigenvalue weighted by molar-refractivity contribution is 6.33. The summed E-state index contributed by atoms with van der Waals surface area (Å²) in [6.07, 6.45) is -5.27. The Labute approximate surface area is 276 Å². The Hall–Kier alpha value is -4.48. The summed E-state index contributed by atoms with van der Waals surface area (Å²) in [5.41, 5.74) is -2.10. The summed E-state index contributed by atoms with van der Waals surface area (Å²) in [6.45, 7) is 0. The lowest BCUT2D eigenvalue weighted by Gasteiger charge is -2.20. The van der Waals surface area contributed by atoms with E-state index in [0.717, 1.165) is 29.8 Å². The first kappa shape index (κ1) is 34.8. The molecule has 1 nitrogen and oxygen atoms in total. The van der Waals surface area contributed by atoms with Crippen LogP contribution in [-0.4, -0.2) is 0 Å². The highest BCUT2D eigenvalue weighted by Gasteiger charge is 2.41. The number of allylic oxidation sites excluding steroid dienone is 1. The molecule has 0 radical (unpaired) electrons. The zero-order chi connectivity index (χ0) is 34.9. The SMILES string of the molecule is FC(F)=CCCc1ccc(-c2cc(F)c(-c3cc(F)c(C(F)(F)Oc4ccc(-c5cc(F)c(Cl)c(F)c5)c(F)c4)c(F)c3)c(Cl)c2)cc1. The van der Waals surface area contributed by atoms with E-state index in [2.05, 4.69) is 4.74 Å². The van der Waals surface area contributed by atoms with Crippen LogP contribution in [0.1, 0.15) is 17.5 Å². The zero-order valence-electron chi connectivity index (χ0n) is 23.9. The van der Waals surface area contributed by atoms with Crippen molar-refractivity contribution >= 4 is 23.2 Å². The van der Waals surface area contributed by atoms with E-state index in [1.165, 1.54) is 6.07 Å². The summed E-state index contributed by atoms with van der Waals surface area (Å²) in [5, 5.41) is -1.14. The molecule has 0 amide bonds. The third-order valence-electron chi connectivity index (χ3n) is 7.16. The molecule has 0 unspecified atom stereocenters. The van der Waals surface area contributed by atoms with Gasteiger partial charge in [-0.25, -0.2) is 26.3 Å². The number of hydrogen-bond donors (Lipinski definition) is 0. The number of aryl methyl sites for hydroxylation is 1. The van der Waals surface area contributed by atoms with Gasteiger partial charge >= 0.3 is 6.11 Å². The van der Waals surface area contributed by atoms with Crippen LogP contribution in [-0.2, 0) is 12.5 Å². The Balaban J connectivity index is 1.39. The molecule has 13 heteroatoms. The minimum absolute atomic E-state index is 0.115. The van der Waals surface area contributed by atoms with E-state index in [0.29, 0.717) is 42.3 Å². The van der Waals surface area contributed by atoms with E-state index >= 15 is 22.0 Å². The summed E-state index contributed by atoms with van der Waals surface area (Å²) in [7, 11) is 0. The first-order valence-corrected chi connectivity index (χ1v) is 14.5. The summed E-state index contributed by atoms with van der Waals surface area (Å²) in [4.78, 5) is 0. The number of halogens is 12. The average molecular weight is 715 g/mol. The summed E-state index contributed by atoms with van der Waals surface area (Å²) < 4.78 is 147. The van der Waals surface area contributed by atoms with Crippen LogP contribution < -0.4 is 4.74 Å². The van der Waals surface area contributed by atoms with Crippen molar-refractivity contribution in [3.63, 3.8) is 0 Å².